The topological polar surface area (TPSA) is 28.7 Å². The number of thioether (sulfide) groups is 1. The van der Waals surface area contributed by atoms with E-state index in [1.54, 1.807) is 18.1 Å². The van der Waals surface area contributed by atoms with E-state index >= 15 is 0 Å². The Morgan fingerprint density at radius 1 is 1.78 bits per heavy atom. The van der Waals surface area contributed by atoms with E-state index < -0.39 is 0 Å². The molecule has 0 saturated heterocycles. The van der Waals surface area contributed by atoms with Crippen LogP contribution < -0.4 is 0 Å². The van der Waals surface area contributed by atoms with Crippen LogP contribution in [0.5, 0.6) is 0 Å². The predicted molar refractivity (Wildman–Crippen MR) is 41.2 cm³/mol. The molecule has 0 amide bonds. The average molecular weight is 158 g/mol. The number of aromatic nitrogens is 2. The van der Waals surface area contributed by atoms with Gasteiger partial charge >= 0.3 is 0 Å². The molecule has 0 saturated carbocycles. The summed E-state index contributed by atoms with van der Waals surface area (Å²) < 4.78 is 0.731. The highest BCUT2D eigenvalue weighted by atomic mass is 32.2. The maximum absolute atomic E-state index is 4.86. The Hall–Kier alpha value is -0.350. The number of nitrogens with zero attached hydrogens (tertiary/aromatic N) is 1. The molecule has 1 rings (SSSR count). The second-order valence-electron chi connectivity index (χ2n) is 1.45. The minimum absolute atomic E-state index is 0.731. The Balaban J connectivity index is 3.08. The summed E-state index contributed by atoms with van der Waals surface area (Å²) in [6, 6.07) is 1.83. The van der Waals surface area contributed by atoms with Gasteiger partial charge in [0, 0.05) is 6.07 Å². The monoisotopic (exact) mass is 158 g/mol. The average Bonchev–Trinajstić information content (AvgIpc) is 1.88. The van der Waals surface area contributed by atoms with Gasteiger partial charge in [-0.05, 0) is 6.26 Å². The smallest absolute Gasteiger partial charge is 0.107 e. The van der Waals surface area contributed by atoms with Crippen molar-refractivity contribution in [3.05, 3.63) is 17.0 Å². The van der Waals surface area contributed by atoms with Gasteiger partial charge in [-0.15, -0.1) is 11.8 Å². The molecule has 0 radical (unpaired) electrons. The van der Waals surface area contributed by atoms with Gasteiger partial charge in [0.1, 0.15) is 9.67 Å². The van der Waals surface area contributed by atoms with Gasteiger partial charge in [-0.25, -0.2) is 4.98 Å². The van der Waals surface area contributed by atoms with Gasteiger partial charge in [0.2, 0.25) is 0 Å². The number of nitrogens with one attached hydrogen (secondary N) is 1. The first kappa shape index (κ1) is 6.77. The molecule has 2 nitrogen and oxygen atoms in total. The van der Waals surface area contributed by atoms with Crippen molar-refractivity contribution >= 4 is 24.0 Å². The number of rotatable bonds is 1. The van der Waals surface area contributed by atoms with Crippen LogP contribution in [0.2, 0.25) is 0 Å². The standard InChI is InChI=1S/C5H6N2S2/c1-9-5-2-4(8)6-3-7-5/h2-3H,1H3,(H,6,7,8). The van der Waals surface area contributed by atoms with Crippen molar-refractivity contribution in [2.24, 2.45) is 0 Å². The lowest BCUT2D eigenvalue weighted by atomic mass is 10.7. The van der Waals surface area contributed by atoms with E-state index in [-0.39, 0.29) is 0 Å². The first-order valence-electron chi connectivity index (χ1n) is 2.41. The SMILES string of the molecule is CSc1cc(=S)[nH]cn1. The molecular weight excluding hydrogens is 152 g/mol. The second-order valence-corrected chi connectivity index (χ2v) is 2.72. The zero-order valence-electron chi connectivity index (χ0n) is 4.92. The van der Waals surface area contributed by atoms with E-state index in [1.807, 2.05) is 12.3 Å². The van der Waals surface area contributed by atoms with Crippen LogP contribution in [0.15, 0.2) is 17.4 Å². The van der Waals surface area contributed by atoms with Gasteiger partial charge in [0.05, 0.1) is 6.33 Å². The number of hydrogen-bond donors (Lipinski definition) is 1. The molecule has 0 fully saturated rings. The van der Waals surface area contributed by atoms with Crippen LogP contribution >= 0.6 is 24.0 Å². The first-order valence-corrected chi connectivity index (χ1v) is 4.05. The maximum Gasteiger partial charge on any atom is 0.107 e. The largest absolute Gasteiger partial charge is 0.337 e. The number of H-pyrrole nitrogens is 1. The quantitative estimate of drug-likeness (QED) is 0.384. The zero-order chi connectivity index (χ0) is 6.69. The van der Waals surface area contributed by atoms with Gasteiger partial charge in [-0.1, -0.05) is 12.2 Å². The van der Waals surface area contributed by atoms with Crippen LogP contribution in [0, 0.1) is 4.64 Å². The fourth-order valence-corrected chi connectivity index (χ4v) is 1.09. The van der Waals surface area contributed by atoms with Crippen molar-refractivity contribution in [2.45, 2.75) is 5.03 Å². The van der Waals surface area contributed by atoms with E-state index in [9.17, 15) is 0 Å². The molecule has 4 heteroatoms. The molecule has 0 aliphatic rings. The first-order chi connectivity index (χ1) is 4.33. The van der Waals surface area contributed by atoms with Crippen LogP contribution in [0.1, 0.15) is 0 Å². The van der Waals surface area contributed by atoms with Crippen LogP contribution in [0.3, 0.4) is 0 Å². The predicted octanol–water partition coefficient (Wildman–Crippen LogP) is 1.86. The van der Waals surface area contributed by atoms with Crippen molar-refractivity contribution in [3.8, 4) is 0 Å². The summed E-state index contributed by atoms with van der Waals surface area (Å²) in [7, 11) is 0. The van der Waals surface area contributed by atoms with Crippen LogP contribution in [0.25, 0.3) is 0 Å². The van der Waals surface area contributed by atoms with Gasteiger partial charge < -0.3 is 4.98 Å². The van der Waals surface area contributed by atoms with Crippen LogP contribution in [-0.4, -0.2) is 16.2 Å². The molecular formula is C5H6N2S2. The van der Waals surface area contributed by atoms with Gasteiger partial charge in [0.25, 0.3) is 0 Å². The molecule has 48 valence electrons. The highest BCUT2D eigenvalue weighted by Gasteiger charge is 1.85. The van der Waals surface area contributed by atoms with Crippen LogP contribution in [-0.2, 0) is 0 Å². The summed E-state index contributed by atoms with van der Waals surface area (Å²) in [5.41, 5.74) is 0. The lowest BCUT2D eigenvalue weighted by molar-refractivity contribution is 1.04. The highest BCUT2D eigenvalue weighted by molar-refractivity contribution is 7.98. The van der Waals surface area contributed by atoms with Crippen molar-refractivity contribution in [1.82, 2.24) is 9.97 Å². The zero-order valence-corrected chi connectivity index (χ0v) is 6.55. The molecule has 9 heavy (non-hydrogen) atoms. The minimum atomic E-state index is 0.731. The summed E-state index contributed by atoms with van der Waals surface area (Å²) >= 11 is 6.44. The third-order valence-corrected chi connectivity index (χ3v) is 1.74. The molecule has 0 aliphatic carbocycles. The van der Waals surface area contributed by atoms with E-state index in [2.05, 4.69) is 9.97 Å². The number of hydrogen-bond acceptors (Lipinski definition) is 3. The van der Waals surface area contributed by atoms with Crippen molar-refractivity contribution in [3.63, 3.8) is 0 Å². The Morgan fingerprint density at radius 3 is 3.00 bits per heavy atom. The van der Waals surface area contributed by atoms with E-state index in [1.165, 1.54) is 0 Å². The molecule has 0 aliphatic heterocycles. The molecule has 0 bridgehead atoms. The molecule has 1 aromatic rings. The molecule has 0 spiro atoms. The normalized spacial score (nSPS) is 9.44. The minimum Gasteiger partial charge on any atom is -0.337 e. The van der Waals surface area contributed by atoms with E-state index in [0.717, 1.165) is 9.67 Å². The second kappa shape index (κ2) is 2.98. The molecule has 0 atom stereocenters. The third kappa shape index (κ3) is 1.80. The molecule has 0 unspecified atom stereocenters. The Bertz CT molecular complexity index is 243. The van der Waals surface area contributed by atoms with Crippen molar-refractivity contribution < 1.29 is 0 Å². The summed E-state index contributed by atoms with van der Waals surface area (Å²) in [5, 5.41) is 0.957. The third-order valence-electron chi connectivity index (χ3n) is 0.862. The fraction of sp³-hybridized carbons (Fsp3) is 0.200. The van der Waals surface area contributed by atoms with Crippen molar-refractivity contribution in [2.75, 3.05) is 6.26 Å². The summed E-state index contributed by atoms with van der Waals surface area (Å²) in [4.78, 5) is 6.80. The molecule has 1 N–H and O–H groups in total. The van der Waals surface area contributed by atoms with E-state index in [0.29, 0.717) is 0 Å². The Morgan fingerprint density at radius 2 is 2.56 bits per heavy atom. The van der Waals surface area contributed by atoms with Gasteiger partial charge in [-0.2, -0.15) is 0 Å². The van der Waals surface area contributed by atoms with Gasteiger partial charge in [0.15, 0.2) is 0 Å². The molecule has 0 aromatic carbocycles. The maximum atomic E-state index is 4.86. The van der Waals surface area contributed by atoms with Gasteiger partial charge in [-0.3, -0.25) is 0 Å². The van der Waals surface area contributed by atoms with E-state index in [4.69, 9.17) is 12.2 Å². The molecule has 1 aromatic heterocycles. The Labute approximate surface area is 62.7 Å². The van der Waals surface area contributed by atoms with Crippen LogP contribution in [0.4, 0.5) is 0 Å². The highest BCUT2D eigenvalue weighted by Crippen LogP contribution is 2.07. The lowest BCUT2D eigenvalue weighted by Gasteiger charge is -1.90. The Kier molecular flexibility index (Phi) is 2.24. The lowest BCUT2D eigenvalue weighted by Crippen LogP contribution is -1.79. The fourth-order valence-electron chi connectivity index (χ4n) is 0.462. The summed E-state index contributed by atoms with van der Waals surface area (Å²) in [6.07, 6.45) is 3.57. The summed E-state index contributed by atoms with van der Waals surface area (Å²) in [5.74, 6) is 0. The number of aromatic amines is 1. The summed E-state index contributed by atoms with van der Waals surface area (Å²) in [6.45, 7) is 0. The van der Waals surface area contributed by atoms with Crippen molar-refractivity contribution in [1.29, 1.82) is 0 Å². The molecule has 1 heterocycles.